The van der Waals surface area contributed by atoms with Gasteiger partial charge in [-0.3, -0.25) is 0 Å². The Morgan fingerprint density at radius 1 is 0.704 bits per heavy atom. The van der Waals surface area contributed by atoms with E-state index in [1.165, 1.54) is 36.4 Å². The van der Waals surface area contributed by atoms with Crippen molar-refractivity contribution >= 4 is 7.69 Å². The van der Waals surface area contributed by atoms with Crippen molar-refractivity contribution in [2.24, 2.45) is 0 Å². The molecule has 0 aliphatic rings. The number of ether oxygens (including phenoxy) is 2. The normalized spacial score (nSPS) is 10.4. The van der Waals surface area contributed by atoms with Crippen LogP contribution < -0.4 is 18.8 Å². The van der Waals surface area contributed by atoms with E-state index in [0.717, 1.165) is 25.7 Å². The van der Waals surface area contributed by atoms with Gasteiger partial charge in [0.1, 0.15) is 23.1 Å². The molecule has 0 spiro atoms. The Morgan fingerprint density at radius 3 is 1.56 bits per heavy atom. The molecule has 7 heteroatoms. The molecule has 0 heterocycles. The molecule has 0 fully saturated rings. The van der Waals surface area contributed by atoms with E-state index in [-0.39, 0.29) is 19.2 Å². The molecule has 0 aliphatic heterocycles. The van der Waals surface area contributed by atoms with Crippen molar-refractivity contribution in [3.05, 3.63) is 48.0 Å². The minimum absolute atomic E-state index is 0.232. The molecule has 146 valence electrons. The summed E-state index contributed by atoms with van der Waals surface area (Å²) in [5.74, 6) is 0.454. The molecule has 2 aromatic rings. The second-order valence-corrected chi connectivity index (χ2v) is 5.99. The molecule has 2 aromatic carbocycles. The number of hydrogen-bond acceptors (Lipinski definition) is 4. The van der Waals surface area contributed by atoms with E-state index in [2.05, 4.69) is 13.8 Å². The molecule has 0 bridgehead atoms. The summed E-state index contributed by atoms with van der Waals surface area (Å²) in [6.45, 7) is 5.13. The van der Waals surface area contributed by atoms with Gasteiger partial charge < -0.3 is 18.8 Å². The van der Waals surface area contributed by atoms with Gasteiger partial charge in [0.05, 0.1) is 13.2 Å². The third kappa shape index (κ3) is 7.00. The van der Waals surface area contributed by atoms with Crippen LogP contribution in [0.3, 0.4) is 0 Å². The van der Waals surface area contributed by atoms with E-state index in [9.17, 15) is 8.78 Å². The number of hydrogen-bond donors (Lipinski definition) is 0. The standard InChI is InChI=1S/C20H25BF2O4/c1-3-5-11-24-17-9-7-15(22)13-19(17)26-21-27-20-14-16(23)8-10-18(20)25-12-6-4-2/h7-10,13-14,21H,3-6,11-12H2,1-2H3. The highest BCUT2D eigenvalue weighted by Crippen LogP contribution is 2.30. The fraction of sp³-hybridized carbons (Fsp3) is 0.400. The van der Waals surface area contributed by atoms with Crippen molar-refractivity contribution < 1.29 is 27.6 Å². The predicted molar refractivity (Wildman–Crippen MR) is 102 cm³/mol. The largest absolute Gasteiger partial charge is 0.576 e. The first-order chi connectivity index (χ1) is 13.1. The molecule has 0 amide bonds. The van der Waals surface area contributed by atoms with E-state index in [1.807, 2.05) is 0 Å². The van der Waals surface area contributed by atoms with Crippen LogP contribution in [0.4, 0.5) is 8.78 Å². The van der Waals surface area contributed by atoms with Gasteiger partial charge in [0, 0.05) is 12.1 Å². The van der Waals surface area contributed by atoms with Gasteiger partial charge in [0.15, 0.2) is 11.5 Å². The molecule has 2 rings (SSSR count). The second kappa shape index (κ2) is 11.3. The molecule has 0 unspecified atom stereocenters. The molecule has 0 saturated heterocycles. The maximum atomic E-state index is 13.5. The maximum absolute atomic E-state index is 13.5. The quantitative estimate of drug-likeness (QED) is 0.383. The summed E-state index contributed by atoms with van der Waals surface area (Å²) in [5, 5.41) is 0. The molecule has 0 aromatic heterocycles. The highest BCUT2D eigenvalue weighted by molar-refractivity contribution is 6.21. The van der Waals surface area contributed by atoms with Gasteiger partial charge in [-0.1, -0.05) is 26.7 Å². The Morgan fingerprint density at radius 2 is 1.15 bits per heavy atom. The van der Waals surface area contributed by atoms with Gasteiger partial charge in [-0.05, 0) is 37.1 Å². The van der Waals surface area contributed by atoms with Gasteiger partial charge in [-0.15, -0.1) is 0 Å². The van der Waals surface area contributed by atoms with Crippen LogP contribution >= 0.6 is 0 Å². The minimum atomic E-state index is -0.442. The lowest BCUT2D eigenvalue weighted by atomic mass is 10.2. The molecule has 0 radical (unpaired) electrons. The Labute approximate surface area is 159 Å². The first kappa shape index (κ1) is 20.9. The maximum Gasteiger partial charge on any atom is 0.576 e. The molecule has 4 nitrogen and oxygen atoms in total. The lowest BCUT2D eigenvalue weighted by Gasteiger charge is -2.15. The first-order valence-corrected chi connectivity index (χ1v) is 9.24. The lowest BCUT2D eigenvalue weighted by molar-refractivity contribution is 0.291. The summed E-state index contributed by atoms with van der Waals surface area (Å²) >= 11 is 0. The number of benzene rings is 2. The third-order valence-electron chi connectivity index (χ3n) is 3.75. The van der Waals surface area contributed by atoms with Crippen LogP contribution in [-0.2, 0) is 0 Å². The summed E-state index contributed by atoms with van der Waals surface area (Å²) < 4.78 is 49.3. The number of rotatable bonds is 12. The molecular weight excluding hydrogens is 353 g/mol. The van der Waals surface area contributed by atoms with E-state index >= 15 is 0 Å². The Balaban J connectivity index is 1.99. The van der Waals surface area contributed by atoms with Crippen LogP contribution in [0.2, 0.25) is 0 Å². The predicted octanol–water partition coefficient (Wildman–Crippen LogP) is 5.05. The van der Waals surface area contributed by atoms with Crippen LogP contribution in [-0.4, -0.2) is 20.9 Å². The van der Waals surface area contributed by atoms with Gasteiger partial charge in [0.2, 0.25) is 0 Å². The zero-order valence-corrected chi connectivity index (χ0v) is 15.8. The number of unbranched alkanes of at least 4 members (excludes halogenated alkanes) is 2. The smallest absolute Gasteiger partial charge is 0.526 e. The van der Waals surface area contributed by atoms with Crippen molar-refractivity contribution in [1.82, 2.24) is 0 Å². The fourth-order valence-corrected chi connectivity index (χ4v) is 2.24. The van der Waals surface area contributed by atoms with Gasteiger partial charge in [-0.2, -0.15) is 0 Å². The summed E-state index contributed by atoms with van der Waals surface area (Å²) in [4.78, 5) is 0. The van der Waals surface area contributed by atoms with Crippen LogP contribution in [0.25, 0.3) is 0 Å². The summed E-state index contributed by atoms with van der Waals surface area (Å²) in [6.07, 6.45) is 3.74. The zero-order chi connectivity index (χ0) is 19.5. The monoisotopic (exact) mass is 378 g/mol. The average Bonchev–Trinajstić information content (AvgIpc) is 2.65. The van der Waals surface area contributed by atoms with E-state index < -0.39 is 11.6 Å². The average molecular weight is 378 g/mol. The third-order valence-corrected chi connectivity index (χ3v) is 3.75. The van der Waals surface area contributed by atoms with Gasteiger partial charge in [0.25, 0.3) is 0 Å². The second-order valence-electron chi connectivity index (χ2n) is 5.99. The van der Waals surface area contributed by atoms with Crippen LogP contribution in [0.15, 0.2) is 36.4 Å². The summed E-state index contributed by atoms with van der Waals surface area (Å²) in [6, 6.07) is 8.11. The Hall–Kier alpha value is -2.44. The highest BCUT2D eigenvalue weighted by Gasteiger charge is 2.12. The van der Waals surface area contributed by atoms with Crippen molar-refractivity contribution in [2.45, 2.75) is 39.5 Å². The zero-order valence-electron chi connectivity index (χ0n) is 15.8. The SMILES string of the molecule is CCCCOc1ccc(F)cc1OBOc1cc(F)ccc1OCCCC. The fourth-order valence-electron chi connectivity index (χ4n) is 2.24. The molecule has 0 aliphatic carbocycles. The summed E-state index contributed by atoms with van der Waals surface area (Å²) in [5.41, 5.74) is 0. The Kier molecular flexibility index (Phi) is 8.75. The summed E-state index contributed by atoms with van der Waals surface area (Å²) in [7, 11) is -0.235. The first-order valence-electron chi connectivity index (χ1n) is 9.24. The van der Waals surface area contributed by atoms with Crippen molar-refractivity contribution in [3.63, 3.8) is 0 Å². The van der Waals surface area contributed by atoms with Crippen molar-refractivity contribution in [1.29, 1.82) is 0 Å². The molecular formula is C20H25BF2O4. The van der Waals surface area contributed by atoms with Crippen LogP contribution in [0.1, 0.15) is 39.5 Å². The highest BCUT2D eigenvalue weighted by atomic mass is 19.1. The van der Waals surface area contributed by atoms with E-state index in [4.69, 9.17) is 18.8 Å². The molecule has 0 atom stereocenters. The minimum Gasteiger partial charge on any atom is -0.526 e. The van der Waals surface area contributed by atoms with E-state index in [1.54, 1.807) is 0 Å². The van der Waals surface area contributed by atoms with Crippen LogP contribution in [0.5, 0.6) is 23.0 Å². The van der Waals surface area contributed by atoms with Gasteiger partial charge >= 0.3 is 7.69 Å². The van der Waals surface area contributed by atoms with Gasteiger partial charge in [-0.25, -0.2) is 8.78 Å². The molecule has 27 heavy (non-hydrogen) atoms. The Bertz CT molecular complexity index is 653. The molecule has 0 saturated carbocycles. The number of halogens is 2. The van der Waals surface area contributed by atoms with E-state index in [0.29, 0.717) is 24.7 Å². The molecule has 0 N–H and O–H groups in total. The topological polar surface area (TPSA) is 36.9 Å². The van der Waals surface area contributed by atoms with Crippen LogP contribution in [0, 0.1) is 11.6 Å². The van der Waals surface area contributed by atoms with Crippen molar-refractivity contribution in [2.75, 3.05) is 13.2 Å². The van der Waals surface area contributed by atoms with Crippen molar-refractivity contribution in [3.8, 4) is 23.0 Å². The lowest BCUT2D eigenvalue weighted by Crippen LogP contribution is -2.13.